The molecule has 2 N–H and O–H groups in total. The fourth-order valence-electron chi connectivity index (χ4n) is 2.77. The molecule has 21 heavy (non-hydrogen) atoms. The van der Waals surface area contributed by atoms with E-state index in [0.29, 0.717) is 26.1 Å². The smallest absolute Gasteiger partial charge is 0.327 e. The van der Waals surface area contributed by atoms with Gasteiger partial charge in [0.1, 0.15) is 6.04 Å². The van der Waals surface area contributed by atoms with Crippen LogP contribution in [0.5, 0.6) is 0 Å². The summed E-state index contributed by atoms with van der Waals surface area (Å²) in [7, 11) is 0. The number of rotatable bonds is 5. The Kier molecular flexibility index (Phi) is 4.63. The first-order chi connectivity index (χ1) is 9.98. The Balaban J connectivity index is 2.25. The van der Waals surface area contributed by atoms with Crippen LogP contribution in [0.15, 0.2) is 30.3 Å². The molecule has 2 rings (SSSR count). The van der Waals surface area contributed by atoms with E-state index in [4.69, 9.17) is 10.5 Å². The van der Waals surface area contributed by atoms with Crippen LogP contribution in [0.3, 0.4) is 0 Å². The number of ether oxygens (including phenoxy) is 1. The molecule has 1 saturated heterocycles. The van der Waals surface area contributed by atoms with Crippen molar-refractivity contribution in [2.75, 3.05) is 19.7 Å². The molecule has 5 heteroatoms. The topological polar surface area (TPSA) is 72.6 Å². The molecule has 2 atom stereocenters. The zero-order valence-corrected chi connectivity index (χ0v) is 12.5. The van der Waals surface area contributed by atoms with E-state index in [-0.39, 0.29) is 11.9 Å². The van der Waals surface area contributed by atoms with E-state index in [1.807, 2.05) is 42.2 Å². The van der Waals surface area contributed by atoms with Crippen molar-refractivity contribution >= 4 is 11.9 Å². The third-order valence-electron chi connectivity index (χ3n) is 4.09. The number of carbonyl (C=O) groups excluding carboxylic acids is 2. The fraction of sp³-hybridized carbons (Fsp3) is 0.500. The van der Waals surface area contributed by atoms with E-state index >= 15 is 0 Å². The molecular formula is C16H22N2O3. The van der Waals surface area contributed by atoms with Crippen LogP contribution in [0.25, 0.3) is 0 Å². The predicted molar refractivity (Wildman–Crippen MR) is 79.3 cm³/mol. The lowest BCUT2D eigenvalue weighted by atomic mass is 9.89. The van der Waals surface area contributed by atoms with Crippen LogP contribution in [-0.2, 0) is 14.3 Å². The van der Waals surface area contributed by atoms with Gasteiger partial charge in [0.25, 0.3) is 0 Å². The van der Waals surface area contributed by atoms with E-state index < -0.39 is 11.5 Å². The van der Waals surface area contributed by atoms with Crippen LogP contribution in [0.2, 0.25) is 0 Å². The highest BCUT2D eigenvalue weighted by atomic mass is 16.5. The Labute approximate surface area is 125 Å². The highest BCUT2D eigenvalue weighted by Gasteiger charge is 2.43. The summed E-state index contributed by atoms with van der Waals surface area (Å²) in [5.74, 6) is -0.599. The number of amides is 1. The second-order valence-corrected chi connectivity index (χ2v) is 5.71. The summed E-state index contributed by atoms with van der Waals surface area (Å²) in [4.78, 5) is 25.9. The summed E-state index contributed by atoms with van der Waals surface area (Å²) < 4.78 is 5.20. The number of likely N-dealkylation sites (tertiary alicyclic amines) is 1. The van der Waals surface area contributed by atoms with Crippen molar-refractivity contribution in [2.24, 2.45) is 11.1 Å². The summed E-state index contributed by atoms with van der Waals surface area (Å²) in [6, 6.07) is 9.02. The quantitative estimate of drug-likeness (QED) is 0.834. The maximum atomic E-state index is 12.3. The molecule has 1 amide bonds. The summed E-state index contributed by atoms with van der Waals surface area (Å²) in [5, 5.41) is 0. The molecule has 1 aliphatic heterocycles. The molecule has 1 aromatic carbocycles. The largest absolute Gasteiger partial charge is 0.465 e. The molecule has 0 aliphatic carbocycles. The molecule has 1 aliphatic rings. The van der Waals surface area contributed by atoms with Crippen molar-refractivity contribution in [1.82, 2.24) is 4.90 Å². The number of nitrogens with two attached hydrogens (primary N) is 1. The lowest BCUT2D eigenvalue weighted by Crippen LogP contribution is -2.40. The number of hydrogen-bond acceptors (Lipinski definition) is 4. The zero-order valence-electron chi connectivity index (χ0n) is 12.5. The van der Waals surface area contributed by atoms with E-state index in [1.54, 1.807) is 6.92 Å². The summed E-state index contributed by atoms with van der Waals surface area (Å²) in [6.07, 6.45) is 0.658. The minimum Gasteiger partial charge on any atom is -0.465 e. The van der Waals surface area contributed by atoms with Gasteiger partial charge in [0.2, 0.25) is 5.91 Å². The highest BCUT2D eigenvalue weighted by Crippen LogP contribution is 2.35. The molecule has 5 nitrogen and oxygen atoms in total. The average molecular weight is 290 g/mol. The van der Waals surface area contributed by atoms with E-state index in [9.17, 15) is 9.59 Å². The lowest BCUT2D eigenvalue weighted by Gasteiger charge is -2.28. The maximum absolute atomic E-state index is 12.3. The predicted octanol–water partition coefficient (Wildman–Crippen LogP) is 1.49. The van der Waals surface area contributed by atoms with Crippen molar-refractivity contribution in [3.63, 3.8) is 0 Å². The molecule has 1 heterocycles. The molecule has 1 aromatic rings. The Morgan fingerprint density at radius 3 is 2.57 bits per heavy atom. The molecule has 2 unspecified atom stereocenters. The van der Waals surface area contributed by atoms with Crippen LogP contribution in [-0.4, -0.2) is 36.5 Å². The Morgan fingerprint density at radius 2 is 2.05 bits per heavy atom. The second kappa shape index (κ2) is 6.26. The molecular weight excluding hydrogens is 268 g/mol. The van der Waals surface area contributed by atoms with Gasteiger partial charge in [-0.25, -0.2) is 4.79 Å². The van der Waals surface area contributed by atoms with E-state index in [2.05, 4.69) is 0 Å². The molecule has 0 radical (unpaired) electrons. The molecule has 0 bridgehead atoms. The van der Waals surface area contributed by atoms with Gasteiger partial charge in [0.15, 0.2) is 0 Å². The van der Waals surface area contributed by atoms with Crippen molar-refractivity contribution in [2.45, 2.75) is 26.3 Å². The summed E-state index contributed by atoms with van der Waals surface area (Å²) in [6.45, 7) is 5.10. The minimum absolute atomic E-state index is 0.280. The number of esters is 1. The molecule has 114 valence electrons. The van der Waals surface area contributed by atoms with Gasteiger partial charge in [-0.1, -0.05) is 30.3 Å². The average Bonchev–Trinajstić information content (AvgIpc) is 2.84. The van der Waals surface area contributed by atoms with Gasteiger partial charge in [-0.15, -0.1) is 0 Å². The third kappa shape index (κ3) is 3.24. The molecule has 0 saturated carbocycles. The minimum atomic E-state index is -0.584. The number of carbonyl (C=O) groups is 2. The van der Waals surface area contributed by atoms with Crippen LogP contribution in [0.1, 0.15) is 31.9 Å². The van der Waals surface area contributed by atoms with Gasteiger partial charge in [0.05, 0.1) is 12.0 Å². The fourth-order valence-corrected chi connectivity index (χ4v) is 2.77. The van der Waals surface area contributed by atoms with E-state index in [0.717, 1.165) is 5.56 Å². The number of nitrogens with zero attached hydrogens (tertiary/aromatic N) is 1. The van der Waals surface area contributed by atoms with Crippen LogP contribution < -0.4 is 5.73 Å². The highest BCUT2D eigenvalue weighted by molar-refractivity contribution is 5.82. The van der Waals surface area contributed by atoms with Crippen LogP contribution in [0, 0.1) is 5.41 Å². The lowest BCUT2D eigenvalue weighted by molar-refractivity contribution is -0.150. The first-order valence-corrected chi connectivity index (χ1v) is 7.23. The molecule has 0 spiro atoms. The molecule has 0 aromatic heterocycles. The second-order valence-electron chi connectivity index (χ2n) is 5.71. The maximum Gasteiger partial charge on any atom is 0.327 e. The Hall–Kier alpha value is -1.88. The normalized spacial score (nSPS) is 23.7. The van der Waals surface area contributed by atoms with Gasteiger partial charge < -0.3 is 10.5 Å². The standard InChI is InChI=1S/C16H22N2O3/c1-3-21-14(19)13(12-7-5-4-6-8-12)18-10-9-16(2,11-18)15(17)20/h4-8,13H,3,9-11H2,1-2H3,(H2,17,20). The first kappa shape index (κ1) is 15.5. The third-order valence-corrected chi connectivity index (χ3v) is 4.09. The number of primary amides is 1. The molecule has 1 fully saturated rings. The number of benzene rings is 1. The van der Waals surface area contributed by atoms with Crippen molar-refractivity contribution in [3.05, 3.63) is 35.9 Å². The van der Waals surface area contributed by atoms with Gasteiger partial charge in [-0.3, -0.25) is 9.69 Å². The zero-order chi connectivity index (χ0) is 15.5. The number of hydrogen-bond donors (Lipinski definition) is 1. The van der Waals surface area contributed by atoms with Crippen molar-refractivity contribution < 1.29 is 14.3 Å². The van der Waals surface area contributed by atoms with Crippen molar-refractivity contribution in [1.29, 1.82) is 0 Å². The van der Waals surface area contributed by atoms with Crippen LogP contribution in [0.4, 0.5) is 0 Å². The Bertz CT molecular complexity index is 518. The van der Waals surface area contributed by atoms with Gasteiger partial charge >= 0.3 is 5.97 Å². The summed E-state index contributed by atoms with van der Waals surface area (Å²) >= 11 is 0. The Morgan fingerprint density at radius 1 is 1.38 bits per heavy atom. The summed E-state index contributed by atoms with van der Waals surface area (Å²) in [5.41, 5.74) is 5.78. The monoisotopic (exact) mass is 290 g/mol. The van der Waals surface area contributed by atoms with Gasteiger partial charge in [-0.2, -0.15) is 0 Å². The van der Waals surface area contributed by atoms with Crippen molar-refractivity contribution in [3.8, 4) is 0 Å². The van der Waals surface area contributed by atoms with Gasteiger partial charge in [0, 0.05) is 13.1 Å². The SMILES string of the molecule is CCOC(=O)C(c1ccccc1)N1CCC(C)(C(N)=O)C1. The first-order valence-electron chi connectivity index (χ1n) is 7.23. The van der Waals surface area contributed by atoms with Crippen LogP contribution >= 0.6 is 0 Å². The van der Waals surface area contributed by atoms with Gasteiger partial charge in [-0.05, 0) is 25.8 Å². The van der Waals surface area contributed by atoms with E-state index in [1.165, 1.54) is 0 Å².